The minimum absolute atomic E-state index is 0.0527. The van der Waals surface area contributed by atoms with Crippen LogP contribution in [0.5, 0.6) is 5.75 Å². The zero-order valence-electron chi connectivity index (χ0n) is 18.1. The molecule has 2 heterocycles. The van der Waals surface area contributed by atoms with Gasteiger partial charge in [0.1, 0.15) is 17.9 Å². The van der Waals surface area contributed by atoms with Gasteiger partial charge >= 0.3 is 0 Å². The Morgan fingerprint density at radius 3 is 2.43 bits per heavy atom. The maximum atomic E-state index is 13.4. The van der Waals surface area contributed by atoms with Crippen molar-refractivity contribution >= 4 is 23.6 Å². The number of nitrogens with zero attached hydrogens (tertiary/aromatic N) is 3. The first-order valence-corrected chi connectivity index (χ1v) is 12.4. The summed E-state index contributed by atoms with van der Waals surface area (Å²) in [7, 11) is 0. The quantitative estimate of drug-likeness (QED) is 0.671. The SMILES string of the molecule is CSc1ccc(OC2CC(C(=O)N3CCCN(C4CCC4)CC3)N(C(C)=O)C2)cc1. The number of rotatable bonds is 5. The van der Waals surface area contributed by atoms with E-state index in [0.717, 1.165) is 44.4 Å². The van der Waals surface area contributed by atoms with Crippen LogP contribution in [0.4, 0.5) is 0 Å². The minimum Gasteiger partial charge on any atom is -0.488 e. The molecular formula is C23H33N3O3S. The van der Waals surface area contributed by atoms with Crippen molar-refractivity contribution < 1.29 is 14.3 Å². The first kappa shape index (κ1) is 21.5. The van der Waals surface area contributed by atoms with E-state index in [0.29, 0.717) is 13.0 Å². The summed E-state index contributed by atoms with van der Waals surface area (Å²) in [6.45, 7) is 5.60. The van der Waals surface area contributed by atoms with Crippen molar-refractivity contribution in [2.75, 3.05) is 39.0 Å². The summed E-state index contributed by atoms with van der Waals surface area (Å²) in [5.74, 6) is 0.827. The van der Waals surface area contributed by atoms with Gasteiger partial charge in [0.05, 0.1) is 6.54 Å². The number of ether oxygens (including phenoxy) is 1. The molecule has 2 aliphatic heterocycles. The summed E-state index contributed by atoms with van der Waals surface area (Å²) in [4.78, 5) is 33.1. The molecule has 4 rings (SSSR count). The van der Waals surface area contributed by atoms with E-state index in [1.165, 1.54) is 24.2 Å². The van der Waals surface area contributed by atoms with Crippen LogP contribution in [-0.2, 0) is 9.59 Å². The Kier molecular flexibility index (Phi) is 6.88. The van der Waals surface area contributed by atoms with Crippen molar-refractivity contribution in [1.29, 1.82) is 0 Å². The highest BCUT2D eigenvalue weighted by Gasteiger charge is 2.41. The van der Waals surface area contributed by atoms with Crippen LogP contribution < -0.4 is 4.74 Å². The van der Waals surface area contributed by atoms with E-state index in [-0.39, 0.29) is 17.9 Å². The standard InChI is InChI=1S/C23H33N3O3S/c1-17(27)26-16-20(29-19-7-9-21(30-2)10-8-19)15-22(26)23(28)25-12-4-11-24(13-14-25)18-5-3-6-18/h7-10,18,20,22H,3-6,11-16H2,1-2H3. The van der Waals surface area contributed by atoms with E-state index in [9.17, 15) is 9.59 Å². The maximum absolute atomic E-state index is 13.4. The summed E-state index contributed by atoms with van der Waals surface area (Å²) in [5, 5.41) is 0. The van der Waals surface area contributed by atoms with Crippen LogP contribution in [-0.4, -0.2) is 83.7 Å². The lowest BCUT2D eigenvalue weighted by Gasteiger charge is -2.36. The van der Waals surface area contributed by atoms with Gasteiger partial charge in [-0.05, 0) is 49.8 Å². The third-order valence-corrected chi connectivity index (χ3v) is 7.49. The average Bonchev–Trinajstić information content (AvgIpc) is 2.98. The Morgan fingerprint density at radius 1 is 1.03 bits per heavy atom. The van der Waals surface area contributed by atoms with Crippen molar-refractivity contribution in [1.82, 2.24) is 14.7 Å². The summed E-state index contributed by atoms with van der Waals surface area (Å²) < 4.78 is 6.14. The van der Waals surface area contributed by atoms with Crippen LogP contribution in [0.2, 0.25) is 0 Å². The number of hydrogen-bond donors (Lipinski definition) is 0. The number of likely N-dealkylation sites (tertiary alicyclic amines) is 1. The van der Waals surface area contributed by atoms with Crippen molar-refractivity contribution in [3.05, 3.63) is 24.3 Å². The molecule has 0 bridgehead atoms. The third kappa shape index (κ3) is 4.78. The molecule has 0 radical (unpaired) electrons. The molecule has 2 saturated heterocycles. The van der Waals surface area contributed by atoms with E-state index in [4.69, 9.17) is 4.74 Å². The third-order valence-electron chi connectivity index (χ3n) is 6.75. The molecule has 6 nitrogen and oxygen atoms in total. The summed E-state index contributed by atoms with van der Waals surface area (Å²) in [6.07, 6.45) is 7.39. The molecule has 0 aromatic heterocycles. The summed E-state index contributed by atoms with van der Waals surface area (Å²) in [5.41, 5.74) is 0. The molecule has 3 aliphatic rings. The molecular weight excluding hydrogens is 398 g/mol. The van der Waals surface area contributed by atoms with Gasteiger partial charge in [0.2, 0.25) is 11.8 Å². The minimum atomic E-state index is -0.409. The lowest BCUT2D eigenvalue weighted by Crippen LogP contribution is -2.48. The molecule has 2 atom stereocenters. The van der Waals surface area contributed by atoms with Gasteiger partial charge in [-0.25, -0.2) is 0 Å². The number of carbonyl (C=O) groups excluding carboxylic acids is 2. The number of hydrogen-bond acceptors (Lipinski definition) is 5. The highest BCUT2D eigenvalue weighted by molar-refractivity contribution is 7.98. The Morgan fingerprint density at radius 2 is 1.80 bits per heavy atom. The molecule has 1 aromatic rings. The summed E-state index contributed by atoms with van der Waals surface area (Å²) in [6, 6.07) is 8.30. The number of carbonyl (C=O) groups is 2. The number of thioether (sulfide) groups is 1. The second-order valence-corrected chi connectivity index (χ2v) is 9.52. The highest BCUT2D eigenvalue weighted by atomic mass is 32.2. The molecule has 0 spiro atoms. The first-order chi connectivity index (χ1) is 14.5. The van der Waals surface area contributed by atoms with Gasteiger partial charge in [-0.15, -0.1) is 11.8 Å². The van der Waals surface area contributed by atoms with Gasteiger partial charge < -0.3 is 14.5 Å². The monoisotopic (exact) mass is 431 g/mol. The first-order valence-electron chi connectivity index (χ1n) is 11.2. The van der Waals surface area contributed by atoms with Crippen molar-refractivity contribution in [2.24, 2.45) is 0 Å². The van der Waals surface area contributed by atoms with Crippen LogP contribution in [0.3, 0.4) is 0 Å². The topological polar surface area (TPSA) is 53.1 Å². The van der Waals surface area contributed by atoms with Gasteiger partial charge in [0, 0.05) is 50.5 Å². The molecule has 1 aromatic carbocycles. The smallest absolute Gasteiger partial charge is 0.245 e. The number of benzene rings is 1. The van der Waals surface area contributed by atoms with E-state index >= 15 is 0 Å². The van der Waals surface area contributed by atoms with Crippen LogP contribution in [0.25, 0.3) is 0 Å². The molecule has 3 fully saturated rings. The highest BCUT2D eigenvalue weighted by Crippen LogP contribution is 2.28. The predicted molar refractivity (Wildman–Crippen MR) is 119 cm³/mol. The van der Waals surface area contributed by atoms with Crippen molar-refractivity contribution in [2.45, 2.75) is 62.1 Å². The predicted octanol–water partition coefficient (Wildman–Crippen LogP) is 2.86. The fourth-order valence-corrected chi connectivity index (χ4v) is 5.21. The lowest BCUT2D eigenvalue weighted by atomic mass is 9.91. The molecule has 0 N–H and O–H groups in total. The van der Waals surface area contributed by atoms with Gasteiger partial charge in [0.25, 0.3) is 0 Å². The van der Waals surface area contributed by atoms with Gasteiger partial charge in [-0.2, -0.15) is 0 Å². The van der Waals surface area contributed by atoms with Crippen molar-refractivity contribution in [3.63, 3.8) is 0 Å². The van der Waals surface area contributed by atoms with E-state index in [2.05, 4.69) is 4.90 Å². The molecule has 1 aliphatic carbocycles. The molecule has 30 heavy (non-hydrogen) atoms. The van der Waals surface area contributed by atoms with Crippen molar-refractivity contribution in [3.8, 4) is 5.75 Å². The normalized spacial score (nSPS) is 25.7. The zero-order chi connectivity index (χ0) is 21.1. The Bertz CT molecular complexity index is 753. The Balaban J connectivity index is 1.38. The van der Waals surface area contributed by atoms with Crippen LogP contribution in [0.15, 0.2) is 29.2 Å². The van der Waals surface area contributed by atoms with E-state index in [1.54, 1.807) is 23.6 Å². The molecule has 2 unspecified atom stereocenters. The molecule has 1 saturated carbocycles. The van der Waals surface area contributed by atoms with Gasteiger partial charge in [-0.1, -0.05) is 6.42 Å². The fraction of sp³-hybridized carbons (Fsp3) is 0.652. The van der Waals surface area contributed by atoms with Crippen LogP contribution in [0, 0.1) is 0 Å². The van der Waals surface area contributed by atoms with Crippen LogP contribution in [0.1, 0.15) is 39.0 Å². The zero-order valence-corrected chi connectivity index (χ0v) is 18.9. The maximum Gasteiger partial charge on any atom is 0.245 e. The molecule has 7 heteroatoms. The molecule has 164 valence electrons. The average molecular weight is 432 g/mol. The van der Waals surface area contributed by atoms with Crippen LogP contribution >= 0.6 is 11.8 Å². The second kappa shape index (κ2) is 9.60. The lowest BCUT2D eigenvalue weighted by molar-refractivity contribution is -0.142. The Hall–Kier alpha value is -1.73. The summed E-state index contributed by atoms with van der Waals surface area (Å²) >= 11 is 1.69. The Labute approximate surface area is 183 Å². The second-order valence-electron chi connectivity index (χ2n) is 8.64. The van der Waals surface area contributed by atoms with E-state index < -0.39 is 6.04 Å². The molecule has 2 amide bonds. The van der Waals surface area contributed by atoms with E-state index in [1.807, 2.05) is 35.4 Å². The van der Waals surface area contributed by atoms with Gasteiger partial charge in [0.15, 0.2) is 0 Å². The largest absolute Gasteiger partial charge is 0.488 e. The fourth-order valence-electron chi connectivity index (χ4n) is 4.80. The number of amides is 2. The van der Waals surface area contributed by atoms with Gasteiger partial charge in [-0.3, -0.25) is 14.5 Å².